The largest absolute Gasteiger partial charge is 0.481 e. The molecule has 0 heterocycles. The third kappa shape index (κ3) is 5.94. The molecule has 0 amide bonds. The number of rotatable bonds is 9. The van der Waals surface area contributed by atoms with Gasteiger partial charge in [0.1, 0.15) is 12.3 Å². The van der Waals surface area contributed by atoms with E-state index in [1.165, 1.54) is 0 Å². The first-order valence-corrected chi connectivity index (χ1v) is 23.6. The summed E-state index contributed by atoms with van der Waals surface area (Å²) in [5, 5.41) is 67.3. The molecule has 8 rings (SSSR count). The summed E-state index contributed by atoms with van der Waals surface area (Å²) in [5.41, 5.74) is -2.96. The highest BCUT2D eigenvalue weighted by atomic mass is 19.1. The van der Waals surface area contributed by atoms with Crippen molar-refractivity contribution in [2.24, 2.45) is 98.1 Å². The van der Waals surface area contributed by atoms with Gasteiger partial charge >= 0.3 is 11.9 Å². The second-order valence-electron chi connectivity index (χ2n) is 23.2. The van der Waals surface area contributed by atoms with Gasteiger partial charge in [0.15, 0.2) is 0 Å². The average Bonchev–Trinajstić information content (AvgIpc) is 3.71. The first-order valence-electron chi connectivity index (χ1n) is 23.6. The molecule has 8 aliphatic rings. The van der Waals surface area contributed by atoms with Crippen molar-refractivity contribution in [3.05, 3.63) is 0 Å². The molecule has 330 valence electrons. The zero-order valence-corrected chi connectivity index (χ0v) is 36.2. The minimum absolute atomic E-state index is 0.0158. The van der Waals surface area contributed by atoms with Crippen LogP contribution >= 0.6 is 0 Å². The smallest absolute Gasteiger partial charge is 0.303 e. The maximum absolute atomic E-state index is 18.7. The van der Waals surface area contributed by atoms with Gasteiger partial charge < -0.3 is 30.6 Å². The molecule has 0 aromatic rings. The van der Waals surface area contributed by atoms with Crippen LogP contribution in [0.3, 0.4) is 0 Å². The number of aliphatic hydroxyl groups is 4. The second-order valence-corrected chi connectivity index (χ2v) is 23.2. The standard InChI is InChI=1S/C48H76F2O8/c1-24(7-13-36(53)54)28-9-11-30-38-32(16-18-44(28,30)3)46(5)20-15-26(51)23-48(46,43(50)42(38)58)35-22-27(52)21-34-40(49)41(57)39-31-12-10-29(25(2)8-14-37(55)56)45(31,4)19-17-33(39)47(34,35)6/h24-35,38-43,51-52,57-58H,7-23H2,1-6H3,(H,53,54)(H,55,56)/t24-,25-,26?,27-,28-,29-,30+,31?,32+,33?,34?,35?,38+,39?,40?,41-,42?,43?,44-,45-,46-,47-,48?/m1/s1. The van der Waals surface area contributed by atoms with E-state index in [4.69, 9.17) is 0 Å². The van der Waals surface area contributed by atoms with E-state index in [-0.39, 0.29) is 96.2 Å². The molecular formula is C48H76F2O8. The molecule has 10 unspecified atom stereocenters. The normalized spacial score (nSPS) is 55.8. The number of hydrogen-bond acceptors (Lipinski definition) is 6. The number of alkyl halides is 2. The molecule has 8 fully saturated rings. The summed E-state index contributed by atoms with van der Waals surface area (Å²) in [7, 11) is 0. The van der Waals surface area contributed by atoms with Crippen LogP contribution in [0, 0.1) is 98.1 Å². The van der Waals surface area contributed by atoms with Crippen LogP contribution in [0.2, 0.25) is 0 Å². The van der Waals surface area contributed by atoms with Crippen LogP contribution in [0.25, 0.3) is 0 Å². The molecule has 58 heavy (non-hydrogen) atoms. The molecule has 0 aromatic carbocycles. The maximum atomic E-state index is 18.7. The number of carbonyl (C=O) groups is 2. The van der Waals surface area contributed by atoms with Crippen molar-refractivity contribution in [3.63, 3.8) is 0 Å². The average molecular weight is 819 g/mol. The molecule has 8 aliphatic carbocycles. The zero-order chi connectivity index (χ0) is 42.1. The van der Waals surface area contributed by atoms with Gasteiger partial charge in [0.25, 0.3) is 0 Å². The maximum Gasteiger partial charge on any atom is 0.303 e. The first kappa shape index (κ1) is 43.3. The minimum Gasteiger partial charge on any atom is -0.481 e. The Morgan fingerprint density at radius 1 is 0.621 bits per heavy atom. The number of aliphatic hydroxyl groups excluding tert-OH is 4. The van der Waals surface area contributed by atoms with E-state index < -0.39 is 76.8 Å². The van der Waals surface area contributed by atoms with Crippen LogP contribution < -0.4 is 0 Å². The summed E-state index contributed by atoms with van der Waals surface area (Å²) in [5.74, 6) is -2.50. The topological polar surface area (TPSA) is 156 Å². The van der Waals surface area contributed by atoms with Gasteiger partial charge in [0.2, 0.25) is 0 Å². The Kier molecular flexibility index (Phi) is 11.1. The molecule has 0 bridgehead atoms. The summed E-state index contributed by atoms with van der Waals surface area (Å²) in [6.07, 6.45) is 2.68. The van der Waals surface area contributed by atoms with Crippen LogP contribution in [0.1, 0.15) is 151 Å². The molecule has 0 aromatic heterocycles. The summed E-state index contributed by atoms with van der Waals surface area (Å²) in [6, 6.07) is 0. The van der Waals surface area contributed by atoms with Gasteiger partial charge in [0.05, 0.1) is 24.4 Å². The highest BCUT2D eigenvalue weighted by Crippen LogP contribution is 2.79. The Bertz CT molecular complexity index is 1580. The molecule has 6 N–H and O–H groups in total. The van der Waals surface area contributed by atoms with Crippen LogP contribution in [-0.4, -0.2) is 79.3 Å². The van der Waals surface area contributed by atoms with Gasteiger partial charge in [-0.25, -0.2) is 8.78 Å². The van der Waals surface area contributed by atoms with E-state index in [9.17, 15) is 40.2 Å². The number of carboxylic acids is 2. The molecule has 10 heteroatoms. The minimum atomic E-state index is -1.68. The Morgan fingerprint density at radius 3 is 1.67 bits per heavy atom. The van der Waals surface area contributed by atoms with Gasteiger partial charge in [-0.05, 0) is 183 Å². The van der Waals surface area contributed by atoms with Crippen LogP contribution in [0.5, 0.6) is 0 Å². The van der Waals surface area contributed by atoms with Gasteiger partial charge in [-0.3, -0.25) is 9.59 Å². The molecule has 8 saturated carbocycles. The first-order chi connectivity index (χ1) is 27.2. The van der Waals surface area contributed by atoms with Gasteiger partial charge in [-0.1, -0.05) is 41.5 Å². The number of aliphatic carboxylic acids is 2. The SMILES string of the molecule is C[C@H](CCC(=O)O)[C@H]1CC[C@H]2[C@@H]3C(O)C(F)C4(C5C[C@H](O)CC6C(F)[C@H](O)C7C(CC[C@@]8(C)C7CC[C@@H]8[C@H](C)CCC(=O)O)[C@]65C)CC(O)CC[C@]4(C)[C@H]3CC[C@]12C. The quantitative estimate of drug-likeness (QED) is 0.135. The van der Waals surface area contributed by atoms with E-state index in [0.717, 1.165) is 51.4 Å². The van der Waals surface area contributed by atoms with Crippen molar-refractivity contribution < 1.29 is 49.0 Å². The predicted octanol–water partition coefficient (Wildman–Crippen LogP) is 8.46. The number of carboxylic acid groups (broad SMARTS) is 2. The predicted molar refractivity (Wildman–Crippen MR) is 216 cm³/mol. The molecule has 0 aliphatic heterocycles. The second kappa shape index (κ2) is 14.9. The Hall–Kier alpha value is -1.36. The van der Waals surface area contributed by atoms with Gasteiger partial charge in [-0.15, -0.1) is 0 Å². The fourth-order valence-electron chi connectivity index (χ4n) is 19.1. The van der Waals surface area contributed by atoms with Crippen LogP contribution in [0.15, 0.2) is 0 Å². The molecule has 0 radical (unpaired) electrons. The Balaban J connectivity index is 1.18. The fourth-order valence-corrected chi connectivity index (χ4v) is 19.1. The van der Waals surface area contributed by atoms with Crippen molar-refractivity contribution >= 4 is 11.9 Å². The highest BCUT2D eigenvalue weighted by Gasteiger charge is 2.78. The van der Waals surface area contributed by atoms with E-state index in [0.29, 0.717) is 31.6 Å². The van der Waals surface area contributed by atoms with Gasteiger partial charge in [-0.2, -0.15) is 0 Å². The number of hydrogen-bond donors (Lipinski definition) is 6. The lowest BCUT2D eigenvalue weighted by atomic mass is 9.30. The third-order valence-corrected chi connectivity index (χ3v) is 21.6. The zero-order valence-electron chi connectivity index (χ0n) is 36.2. The van der Waals surface area contributed by atoms with E-state index in [2.05, 4.69) is 41.5 Å². The number of fused-ring (bicyclic) bond motifs is 10. The lowest BCUT2D eigenvalue weighted by Gasteiger charge is -2.75. The van der Waals surface area contributed by atoms with Crippen molar-refractivity contribution in [1.82, 2.24) is 0 Å². The summed E-state index contributed by atoms with van der Waals surface area (Å²) in [4.78, 5) is 23.1. The molecule has 0 spiro atoms. The number of halogens is 2. The lowest BCUT2D eigenvalue weighted by Crippen LogP contribution is -2.75. The van der Waals surface area contributed by atoms with Crippen molar-refractivity contribution in [2.45, 2.75) is 187 Å². The van der Waals surface area contributed by atoms with Gasteiger partial charge in [0, 0.05) is 24.2 Å². The summed E-state index contributed by atoms with van der Waals surface area (Å²) in [6.45, 7) is 13.3. The van der Waals surface area contributed by atoms with Crippen LogP contribution in [-0.2, 0) is 9.59 Å². The van der Waals surface area contributed by atoms with Crippen molar-refractivity contribution in [1.29, 1.82) is 0 Å². The van der Waals surface area contributed by atoms with E-state index in [1.54, 1.807) is 0 Å². The van der Waals surface area contributed by atoms with E-state index >= 15 is 8.78 Å². The molecular weight excluding hydrogens is 743 g/mol. The Morgan fingerprint density at radius 2 is 1.14 bits per heavy atom. The highest BCUT2D eigenvalue weighted by molar-refractivity contribution is 5.66. The fraction of sp³-hybridized carbons (Fsp3) is 0.958. The van der Waals surface area contributed by atoms with Crippen molar-refractivity contribution in [2.75, 3.05) is 0 Å². The summed E-state index contributed by atoms with van der Waals surface area (Å²) < 4.78 is 36.2. The molecule has 0 saturated heterocycles. The molecule has 8 nitrogen and oxygen atoms in total. The third-order valence-electron chi connectivity index (χ3n) is 21.6. The van der Waals surface area contributed by atoms with Crippen LogP contribution in [0.4, 0.5) is 8.78 Å². The monoisotopic (exact) mass is 819 g/mol. The van der Waals surface area contributed by atoms with Crippen molar-refractivity contribution in [3.8, 4) is 0 Å². The Labute approximate surface area is 345 Å². The summed E-state index contributed by atoms with van der Waals surface area (Å²) >= 11 is 0. The van der Waals surface area contributed by atoms with E-state index in [1.807, 2.05) is 0 Å². The molecule has 23 atom stereocenters. The lowest BCUT2D eigenvalue weighted by molar-refractivity contribution is -0.316.